The zero-order valence-electron chi connectivity index (χ0n) is 14.3. The van der Waals surface area contributed by atoms with Crippen LogP contribution in [0.4, 0.5) is 10.2 Å². The number of amides is 1. The Kier molecular flexibility index (Phi) is 4.25. The summed E-state index contributed by atoms with van der Waals surface area (Å²) in [6, 6.07) is 8.09. The first-order valence-electron chi connectivity index (χ1n) is 8.20. The molecular weight excluding hydrogens is 345 g/mol. The van der Waals surface area contributed by atoms with Crippen LogP contribution in [0.5, 0.6) is 0 Å². The molecule has 0 aliphatic carbocycles. The second-order valence-electron chi connectivity index (χ2n) is 5.95. The number of rotatable bonds is 3. The van der Waals surface area contributed by atoms with Gasteiger partial charge in [0.15, 0.2) is 0 Å². The van der Waals surface area contributed by atoms with E-state index in [1.807, 2.05) is 19.1 Å². The lowest BCUT2D eigenvalue weighted by atomic mass is 9.99. The van der Waals surface area contributed by atoms with Crippen molar-refractivity contribution in [1.82, 2.24) is 19.9 Å². The van der Waals surface area contributed by atoms with Crippen molar-refractivity contribution in [2.75, 3.05) is 5.32 Å². The molecule has 4 aromatic heterocycles. The average molecular weight is 359 g/mol. The molecule has 4 rings (SSSR count). The van der Waals surface area contributed by atoms with Crippen LogP contribution in [0, 0.1) is 12.7 Å². The summed E-state index contributed by atoms with van der Waals surface area (Å²) in [4.78, 5) is 29.2. The maximum absolute atomic E-state index is 13.0. The van der Waals surface area contributed by atoms with Crippen molar-refractivity contribution in [2.45, 2.75) is 6.92 Å². The first-order chi connectivity index (χ1) is 13.1. The Bertz CT molecular complexity index is 1140. The van der Waals surface area contributed by atoms with E-state index in [9.17, 15) is 9.18 Å². The van der Waals surface area contributed by atoms with E-state index in [2.05, 4.69) is 25.3 Å². The molecule has 4 aromatic rings. The van der Waals surface area contributed by atoms with E-state index in [0.29, 0.717) is 5.52 Å². The SMILES string of the molecule is Cc1ccncc1-c1cc(C(=O)Nc2ccc(F)cn2)nc2cnccc12. The van der Waals surface area contributed by atoms with Crippen molar-refractivity contribution in [2.24, 2.45) is 0 Å². The molecule has 0 aromatic carbocycles. The van der Waals surface area contributed by atoms with Gasteiger partial charge in [0.25, 0.3) is 5.91 Å². The van der Waals surface area contributed by atoms with Crippen molar-refractivity contribution in [3.8, 4) is 11.1 Å². The van der Waals surface area contributed by atoms with Gasteiger partial charge < -0.3 is 5.32 Å². The van der Waals surface area contributed by atoms with Gasteiger partial charge in [-0.1, -0.05) is 0 Å². The number of nitrogens with one attached hydrogen (secondary N) is 1. The fraction of sp³-hybridized carbons (Fsp3) is 0.0500. The van der Waals surface area contributed by atoms with Gasteiger partial charge in [0, 0.05) is 29.5 Å². The van der Waals surface area contributed by atoms with E-state index in [0.717, 1.165) is 28.3 Å². The van der Waals surface area contributed by atoms with Crippen LogP contribution in [0.2, 0.25) is 0 Å². The number of halogens is 1. The van der Waals surface area contributed by atoms with E-state index in [-0.39, 0.29) is 11.5 Å². The zero-order chi connectivity index (χ0) is 18.8. The molecule has 0 unspecified atom stereocenters. The Balaban J connectivity index is 1.81. The van der Waals surface area contributed by atoms with E-state index in [1.54, 1.807) is 30.9 Å². The molecule has 0 aliphatic heterocycles. The molecule has 1 N–H and O–H groups in total. The van der Waals surface area contributed by atoms with Crippen LogP contribution in [0.1, 0.15) is 16.1 Å². The molecule has 0 bridgehead atoms. The summed E-state index contributed by atoms with van der Waals surface area (Å²) >= 11 is 0. The topological polar surface area (TPSA) is 80.7 Å². The van der Waals surface area contributed by atoms with Crippen LogP contribution < -0.4 is 5.32 Å². The normalized spacial score (nSPS) is 10.7. The summed E-state index contributed by atoms with van der Waals surface area (Å²) < 4.78 is 13.0. The van der Waals surface area contributed by atoms with E-state index in [1.165, 1.54) is 12.1 Å². The van der Waals surface area contributed by atoms with Crippen LogP contribution in [0.15, 0.2) is 61.3 Å². The summed E-state index contributed by atoms with van der Waals surface area (Å²) in [7, 11) is 0. The highest BCUT2D eigenvalue weighted by molar-refractivity contribution is 6.06. The van der Waals surface area contributed by atoms with Crippen molar-refractivity contribution >= 4 is 22.6 Å². The van der Waals surface area contributed by atoms with Gasteiger partial charge in [0.05, 0.1) is 17.9 Å². The van der Waals surface area contributed by atoms with E-state index >= 15 is 0 Å². The molecule has 0 radical (unpaired) electrons. The van der Waals surface area contributed by atoms with Gasteiger partial charge in [0.1, 0.15) is 17.3 Å². The predicted octanol–water partition coefficient (Wildman–Crippen LogP) is 3.79. The van der Waals surface area contributed by atoms with Gasteiger partial charge in [-0.25, -0.2) is 14.4 Å². The van der Waals surface area contributed by atoms with Gasteiger partial charge in [0.2, 0.25) is 0 Å². The Labute approximate surface area is 154 Å². The largest absolute Gasteiger partial charge is 0.305 e. The number of nitrogens with zero attached hydrogens (tertiary/aromatic N) is 4. The third-order valence-electron chi connectivity index (χ3n) is 4.14. The summed E-state index contributed by atoms with van der Waals surface area (Å²) in [5.41, 5.74) is 3.58. The molecule has 0 atom stereocenters. The number of anilines is 1. The van der Waals surface area contributed by atoms with Gasteiger partial charge in [-0.2, -0.15) is 0 Å². The lowest BCUT2D eigenvalue weighted by molar-refractivity contribution is 0.102. The maximum atomic E-state index is 13.0. The lowest BCUT2D eigenvalue weighted by Crippen LogP contribution is -2.15. The minimum atomic E-state index is -0.475. The van der Waals surface area contributed by atoms with Crippen LogP contribution >= 0.6 is 0 Å². The minimum Gasteiger partial charge on any atom is -0.305 e. The quantitative estimate of drug-likeness (QED) is 0.602. The molecule has 132 valence electrons. The number of aryl methyl sites for hydroxylation is 1. The average Bonchev–Trinajstić information content (AvgIpc) is 2.69. The predicted molar refractivity (Wildman–Crippen MR) is 99.7 cm³/mol. The van der Waals surface area contributed by atoms with E-state index < -0.39 is 11.7 Å². The highest BCUT2D eigenvalue weighted by Crippen LogP contribution is 2.30. The van der Waals surface area contributed by atoms with Crippen molar-refractivity contribution in [3.63, 3.8) is 0 Å². The molecule has 6 nitrogen and oxygen atoms in total. The molecule has 0 saturated heterocycles. The Morgan fingerprint density at radius 2 is 1.81 bits per heavy atom. The Morgan fingerprint density at radius 1 is 1.00 bits per heavy atom. The number of fused-ring (bicyclic) bond motifs is 1. The fourth-order valence-corrected chi connectivity index (χ4v) is 2.79. The van der Waals surface area contributed by atoms with Crippen LogP contribution in [-0.2, 0) is 0 Å². The molecule has 7 heteroatoms. The minimum absolute atomic E-state index is 0.208. The summed E-state index contributed by atoms with van der Waals surface area (Å²) in [6.45, 7) is 1.98. The van der Waals surface area contributed by atoms with Crippen LogP contribution in [-0.4, -0.2) is 25.8 Å². The first-order valence-corrected chi connectivity index (χ1v) is 8.20. The lowest BCUT2D eigenvalue weighted by Gasteiger charge is -2.11. The molecule has 0 aliphatic rings. The van der Waals surface area contributed by atoms with Gasteiger partial charge in [-0.15, -0.1) is 0 Å². The van der Waals surface area contributed by atoms with Gasteiger partial charge >= 0.3 is 0 Å². The standard InChI is InChI=1S/C20H14FN5O/c1-12-4-6-22-10-16(12)15-8-17(25-18-11-23-7-5-14(15)18)20(27)26-19-3-2-13(21)9-24-19/h2-11H,1H3,(H,24,26,27). The smallest absolute Gasteiger partial charge is 0.275 e. The number of aromatic nitrogens is 4. The van der Waals surface area contributed by atoms with Crippen LogP contribution in [0.25, 0.3) is 22.0 Å². The third-order valence-corrected chi connectivity index (χ3v) is 4.14. The van der Waals surface area contributed by atoms with Gasteiger partial charge in [-0.3, -0.25) is 14.8 Å². The fourth-order valence-electron chi connectivity index (χ4n) is 2.79. The second kappa shape index (κ2) is 6.87. The number of carbonyl (C=O) groups excluding carboxylic acids is 1. The molecule has 1 amide bonds. The number of hydrogen-bond acceptors (Lipinski definition) is 5. The monoisotopic (exact) mass is 359 g/mol. The number of hydrogen-bond donors (Lipinski definition) is 1. The van der Waals surface area contributed by atoms with E-state index in [4.69, 9.17) is 0 Å². The number of carbonyl (C=O) groups is 1. The number of pyridine rings is 4. The van der Waals surface area contributed by atoms with Crippen molar-refractivity contribution in [1.29, 1.82) is 0 Å². The molecule has 0 saturated carbocycles. The first kappa shape index (κ1) is 16.7. The Morgan fingerprint density at radius 3 is 2.59 bits per heavy atom. The zero-order valence-corrected chi connectivity index (χ0v) is 14.3. The maximum Gasteiger partial charge on any atom is 0.275 e. The summed E-state index contributed by atoms with van der Waals surface area (Å²) in [5.74, 6) is -0.673. The van der Waals surface area contributed by atoms with Crippen molar-refractivity contribution < 1.29 is 9.18 Å². The highest BCUT2D eigenvalue weighted by atomic mass is 19.1. The van der Waals surface area contributed by atoms with Crippen LogP contribution in [0.3, 0.4) is 0 Å². The molecule has 0 spiro atoms. The molecule has 27 heavy (non-hydrogen) atoms. The second-order valence-corrected chi connectivity index (χ2v) is 5.95. The summed E-state index contributed by atoms with van der Waals surface area (Å²) in [6.07, 6.45) is 7.81. The van der Waals surface area contributed by atoms with Crippen molar-refractivity contribution in [3.05, 3.63) is 78.4 Å². The molecule has 0 fully saturated rings. The Hall–Kier alpha value is -3.74. The van der Waals surface area contributed by atoms with Gasteiger partial charge in [-0.05, 0) is 48.4 Å². The third kappa shape index (κ3) is 3.35. The summed E-state index contributed by atoms with van der Waals surface area (Å²) in [5, 5.41) is 3.50. The highest BCUT2D eigenvalue weighted by Gasteiger charge is 2.15. The molecular formula is C20H14FN5O. The molecule has 4 heterocycles.